The Morgan fingerprint density at radius 1 is 1.44 bits per heavy atom. The molecule has 0 atom stereocenters. The molecule has 0 radical (unpaired) electrons. The Balaban J connectivity index is 1.67. The first kappa shape index (κ1) is 16.9. The van der Waals surface area contributed by atoms with Crippen LogP contribution in [0.25, 0.3) is 0 Å². The molecule has 0 bridgehead atoms. The van der Waals surface area contributed by atoms with Gasteiger partial charge in [0.1, 0.15) is 13.1 Å². The van der Waals surface area contributed by atoms with Crippen molar-refractivity contribution in [1.82, 2.24) is 30.1 Å². The molecule has 0 aromatic carbocycles. The van der Waals surface area contributed by atoms with Gasteiger partial charge in [0.25, 0.3) is 0 Å². The van der Waals surface area contributed by atoms with E-state index in [-0.39, 0.29) is 12.5 Å². The first-order valence-electron chi connectivity index (χ1n) is 8.18. The predicted molar refractivity (Wildman–Crippen MR) is 91.0 cm³/mol. The van der Waals surface area contributed by atoms with E-state index in [1.807, 2.05) is 25.1 Å². The van der Waals surface area contributed by atoms with Crippen molar-refractivity contribution in [1.29, 1.82) is 0 Å². The van der Waals surface area contributed by atoms with Crippen LogP contribution in [0, 0.1) is 6.92 Å². The van der Waals surface area contributed by atoms with Crippen LogP contribution in [0.4, 0.5) is 5.69 Å². The van der Waals surface area contributed by atoms with Crippen molar-refractivity contribution in [3.8, 4) is 0 Å². The Labute approximate surface area is 145 Å². The number of hydrogen-bond acceptors (Lipinski definition) is 6. The van der Waals surface area contributed by atoms with Crippen LogP contribution in [0.3, 0.4) is 0 Å². The third-order valence-electron chi connectivity index (χ3n) is 3.80. The zero-order valence-corrected chi connectivity index (χ0v) is 14.6. The van der Waals surface area contributed by atoms with E-state index < -0.39 is 0 Å². The second-order valence-electron chi connectivity index (χ2n) is 5.74. The fourth-order valence-corrected chi connectivity index (χ4v) is 2.65. The lowest BCUT2D eigenvalue weighted by atomic mass is 10.3. The molecule has 1 N–H and O–H groups in total. The van der Waals surface area contributed by atoms with Gasteiger partial charge in [0, 0.05) is 39.8 Å². The Morgan fingerprint density at radius 3 is 2.88 bits per heavy atom. The highest BCUT2D eigenvalue weighted by Gasteiger charge is 2.27. The monoisotopic (exact) mass is 346 g/mol. The summed E-state index contributed by atoms with van der Waals surface area (Å²) in [7, 11) is 1.83. The minimum absolute atomic E-state index is 0.0141. The SMILES string of the molecule is CCNC(=NCc1noc(C)n1)N1CCN(c2cnn(C)c2)C(=O)C1. The minimum atomic E-state index is 0.0141. The number of aliphatic imine (C=N–C) groups is 1. The van der Waals surface area contributed by atoms with Crippen molar-refractivity contribution in [2.45, 2.75) is 20.4 Å². The fraction of sp³-hybridized carbons (Fsp3) is 0.533. The van der Waals surface area contributed by atoms with Crippen molar-refractivity contribution in [3.63, 3.8) is 0 Å². The molecule has 10 nitrogen and oxygen atoms in total. The van der Waals surface area contributed by atoms with Gasteiger partial charge in [-0.15, -0.1) is 0 Å². The Morgan fingerprint density at radius 2 is 2.28 bits per heavy atom. The molecule has 2 aromatic heterocycles. The molecule has 134 valence electrons. The van der Waals surface area contributed by atoms with E-state index in [2.05, 4.69) is 25.5 Å². The van der Waals surface area contributed by atoms with Crippen molar-refractivity contribution in [2.75, 3.05) is 31.1 Å². The average Bonchev–Trinajstić information content (AvgIpc) is 3.19. The summed E-state index contributed by atoms with van der Waals surface area (Å²) in [5, 5.41) is 11.2. The molecule has 1 aliphatic rings. The fourth-order valence-electron chi connectivity index (χ4n) is 2.65. The lowest BCUT2D eigenvalue weighted by Crippen LogP contribution is -2.55. The number of amides is 1. The van der Waals surface area contributed by atoms with E-state index in [1.165, 1.54) is 0 Å². The molecule has 10 heteroatoms. The molecular weight excluding hydrogens is 324 g/mol. The van der Waals surface area contributed by atoms with Crippen LogP contribution in [-0.2, 0) is 18.4 Å². The number of rotatable bonds is 4. The lowest BCUT2D eigenvalue weighted by molar-refractivity contribution is -0.120. The van der Waals surface area contributed by atoms with Gasteiger partial charge < -0.3 is 19.6 Å². The molecule has 0 aliphatic carbocycles. The molecule has 3 rings (SSSR count). The summed E-state index contributed by atoms with van der Waals surface area (Å²) in [5.41, 5.74) is 0.816. The topological polar surface area (TPSA) is 105 Å². The van der Waals surface area contributed by atoms with Crippen LogP contribution < -0.4 is 10.2 Å². The maximum absolute atomic E-state index is 12.5. The largest absolute Gasteiger partial charge is 0.356 e. The van der Waals surface area contributed by atoms with Crippen LogP contribution in [0.1, 0.15) is 18.6 Å². The van der Waals surface area contributed by atoms with Gasteiger partial charge in [-0.25, -0.2) is 4.99 Å². The smallest absolute Gasteiger partial charge is 0.246 e. The molecule has 2 aromatic rings. The van der Waals surface area contributed by atoms with Crippen LogP contribution >= 0.6 is 0 Å². The average molecular weight is 346 g/mol. The third kappa shape index (κ3) is 3.95. The van der Waals surface area contributed by atoms with Crippen LogP contribution in [0.2, 0.25) is 0 Å². The molecule has 1 fully saturated rings. The first-order chi connectivity index (χ1) is 12.1. The van der Waals surface area contributed by atoms with Gasteiger partial charge in [0.15, 0.2) is 11.8 Å². The van der Waals surface area contributed by atoms with E-state index in [0.717, 1.165) is 5.69 Å². The van der Waals surface area contributed by atoms with Gasteiger partial charge in [-0.3, -0.25) is 9.48 Å². The van der Waals surface area contributed by atoms with Crippen LogP contribution in [0.5, 0.6) is 0 Å². The number of piperazine rings is 1. The number of nitrogens with one attached hydrogen (secondary N) is 1. The highest BCUT2D eigenvalue weighted by atomic mass is 16.5. The highest BCUT2D eigenvalue weighted by Crippen LogP contribution is 2.16. The molecule has 25 heavy (non-hydrogen) atoms. The summed E-state index contributed by atoms with van der Waals surface area (Å²) in [4.78, 5) is 24.9. The number of carbonyl (C=O) groups excluding carboxylic acids is 1. The summed E-state index contributed by atoms with van der Waals surface area (Å²) in [6.45, 7) is 6.25. The number of nitrogens with zero attached hydrogens (tertiary/aromatic N) is 7. The lowest BCUT2D eigenvalue weighted by Gasteiger charge is -2.35. The maximum atomic E-state index is 12.5. The summed E-state index contributed by atoms with van der Waals surface area (Å²) in [5.74, 6) is 1.72. The molecular formula is C15H22N8O2. The van der Waals surface area contributed by atoms with Gasteiger partial charge in [-0.2, -0.15) is 10.1 Å². The number of anilines is 1. The predicted octanol–water partition coefficient (Wildman–Crippen LogP) is -0.0742. The summed E-state index contributed by atoms with van der Waals surface area (Å²) in [6.07, 6.45) is 3.54. The van der Waals surface area contributed by atoms with Crippen LogP contribution in [0.15, 0.2) is 21.9 Å². The van der Waals surface area contributed by atoms with E-state index in [4.69, 9.17) is 4.52 Å². The number of guanidine groups is 1. The van der Waals surface area contributed by atoms with Crippen LogP contribution in [-0.4, -0.2) is 62.9 Å². The summed E-state index contributed by atoms with van der Waals surface area (Å²) in [6, 6.07) is 0. The summed E-state index contributed by atoms with van der Waals surface area (Å²) >= 11 is 0. The first-order valence-corrected chi connectivity index (χ1v) is 8.18. The molecule has 1 saturated heterocycles. The molecule has 0 unspecified atom stereocenters. The van der Waals surface area contributed by atoms with Crippen molar-refractivity contribution < 1.29 is 9.32 Å². The number of aromatic nitrogens is 4. The van der Waals surface area contributed by atoms with E-state index in [9.17, 15) is 4.79 Å². The van der Waals surface area contributed by atoms with Crippen molar-refractivity contribution in [3.05, 3.63) is 24.1 Å². The van der Waals surface area contributed by atoms with Gasteiger partial charge in [-0.1, -0.05) is 5.16 Å². The molecule has 1 amide bonds. The van der Waals surface area contributed by atoms with Gasteiger partial charge in [-0.05, 0) is 6.92 Å². The zero-order valence-electron chi connectivity index (χ0n) is 14.6. The van der Waals surface area contributed by atoms with Crippen molar-refractivity contribution in [2.24, 2.45) is 12.0 Å². The number of carbonyl (C=O) groups is 1. The van der Waals surface area contributed by atoms with E-state index in [1.54, 1.807) is 22.7 Å². The Bertz CT molecular complexity index is 765. The Hall–Kier alpha value is -2.91. The third-order valence-corrected chi connectivity index (χ3v) is 3.80. The van der Waals surface area contributed by atoms with Gasteiger partial charge >= 0.3 is 0 Å². The molecule has 0 spiro atoms. The normalized spacial score (nSPS) is 15.8. The number of aryl methyl sites for hydroxylation is 2. The molecule has 3 heterocycles. The van der Waals surface area contributed by atoms with E-state index in [0.29, 0.717) is 43.9 Å². The zero-order chi connectivity index (χ0) is 17.8. The standard InChI is InChI=1S/C15H22N8O2/c1-4-16-15(17-8-13-19-11(2)25-20-13)22-5-6-23(14(24)10-22)12-7-18-21(3)9-12/h7,9H,4-6,8,10H2,1-3H3,(H,16,17). The minimum Gasteiger partial charge on any atom is -0.356 e. The second kappa shape index (κ2) is 7.32. The second-order valence-corrected chi connectivity index (χ2v) is 5.74. The van der Waals surface area contributed by atoms with Crippen molar-refractivity contribution >= 4 is 17.6 Å². The summed E-state index contributed by atoms with van der Waals surface area (Å²) < 4.78 is 6.64. The Kier molecular flexibility index (Phi) is 4.96. The highest BCUT2D eigenvalue weighted by molar-refractivity contribution is 5.98. The number of hydrogen-bond donors (Lipinski definition) is 1. The molecule has 0 saturated carbocycles. The van der Waals surface area contributed by atoms with E-state index >= 15 is 0 Å². The quantitative estimate of drug-likeness (QED) is 0.610. The van der Waals surface area contributed by atoms with Gasteiger partial charge in [0.2, 0.25) is 11.8 Å². The maximum Gasteiger partial charge on any atom is 0.246 e. The molecule has 1 aliphatic heterocycles. The van der Waals surface area contributed by atoms with Gasteiger partial charge in [0.05, 0.1) is 11.9 Å².